The molecule has 7 heteroatoms. The quantitative estimate of drug-likeness (QED) is 0.675. The fourth-order valence-corrected chi connectivity index (χ4v) is 2.30. The number of hydrogen-bond donors (Lipinski definition) is 1. The summed E-state index contributed by atoms with van der Waals surface area (Å²) in [7, 11) is 1.63. The summed E-state index contributed by atoms with van der Waals surface area (Å²) in [6.45, 7) is 0.831. The second-order valence-electron chi connectivity index (χ2n) is 5.55. The second kappa shape index (κ2) is 8.36. The van der Waals surface area contributed by atoms with Crippen LogP contribution in [0.2, 0.25) is 0 Å². The Balaban J connectivity index is 1.46. The Morgan fingerprint density at radius 3 is 2.56 bits per heavy atom. The zero-order chi connectivity index (χ0) is 17.5. The molecule has 25 heavy (non-hydrogen) atoms. The maximum atomic E-state index is 10.1. The first-order valence-electron chi connectivity index (χ1n) is 7.96. The summed E-state index contributed by atoms with van der Waals surface area (Å²) in [5.41, 5.74) is 1.90. The minimum atomic E-state index is -0.712. The van der Waals surface area contributed by atoms with E-state index < -0.39 is 6.10 Å². The molecule has 1 heterocycles. The Morgan fingerprint density at radius 2 is 1.84 bits per heavy atom. The van der Waals surface area contributed by atoms with Gasteiger partial charge in [0, 0.05) is 5.56 Å². The number of aliphatic hydroxyl groups excluding tert-OH is 1. The maximum absolute atomic E-state index is 10.1. The molecule has 3 aromatic rings. The number of methoxy groups -OCH3 is 1. The van der Waals surface area contributed by atoms with Gasteiger partial charge < -0.3 is 14.6 Å². The number of benzene rings is 2. The summed E-state index contributed by atoms with van der Waals surface area (Å²) in [5, 5.41) is 22.3. The lowest BCUT2D eigenvalue weighted by Crippen LogP contribution is -2.23. The van der Waals surface area contributed by atoms with Gasteiger partial charge in [0.15, 0.2) is 0 Å². The normalized spacial score (nSPS) is 12.1. The zero-order valence-electron chi connectivity index (χ0n) is 13.9. The molecule has 3 rings (SSSR count). The molecule has 0 aliphatic carbocycles. The van der Waals surface area contributed by atoms with E-state index in [9.17, 15) is 5.11 Å². The van der Waals surface area contributed by atoms with E-state index in [1.807, 2.05) is 54.6 Å². The highest BCUT2D eigenvalue weighted by Crippen LogP contribution is 2.13. The van der Waals surface area contributed by atoms with Gasteiger partial charge in [0.1, 0.15) is 5.75 Å². The van der Waals surface area contributed by atoms with Gasteiger partial charge in [0.05, 0.1) is 33.0 Å². The SMILES string of the molecule is COc1ccc(COC[C@@H](O)Cn2nnc(-c3ccccc3)n2)cc1. The third kappa shape index (κ3) is 4.85. The Morgan fingerprint density at radius 1 is 1.08 bits per heavy atom. The predicted molar refractivity (Wildman–Crippen MR) is 91.9 cm³/mol. The van der Waals surface area contributed by atoms with Gasteiger partial charge in [-0.2, -0.15) is 4.80 Å². The lowest BCUT2D eigenvalue weighted by Gasteiger charge is -2.10. The molecule has 0 saturated carbocycles. The van der Waals surface area contributed by atoms with Gasteiger partial charge in [-0.3, -0.25) is 0 Å². The first kappa shape index (κ1) is 17.1. The smallest absolute Gasteiger partial charge is 0.204 e. The van der Waals surface area contributed by atoms with Crippen molar-refractivity contribution in [3.63, 3.8) is 0 Å². The van der Waals surface area contributed by atoms with Crippen LogP contribution in [-0.2, 0) is 17.9 Å². The van der Waals surface area contributed by atoms with Crippen LogP contribution < -0.4 is 4.74 Å². The Labute approximate surface area is 145 Å². The van der Waals surface area contributed by atoms with Crippen LogP contribution in [0.4, 0.5) is 0 Å². The van der Waals surface area contributed by atoms with Crippen molar-refractivity contribution in [2.24, 2.45) is 0 Å². The van der Waals surface area contributed by atoms with Crippen LogP contribution in [-0.4, -0.2) is 45.1 Å². The third-order valence-corrected chi connectivity index (χ3v) is 3.60. The molecule has 130 valence electrons. The number of nitrogens with zero attached hydrogens (tertiary/aromatic N) is 4. The predicted octanol–water partition coefficient (Wildman–Crippen LogP) is 1.93. The van der Waals surface area contributed by atoms with Crippen molar-refractivity contribution in [3.8, 4) is 17.1 Å². The number of aliphatic hydroxyl groups is 1. The monoisotopic (exact) mass is 340 g/mol. The van der Waals surface area contributed by atoms with E-state index in [-0.39, 0.29) is 13.2 Å². The highest BCUT2D eigenvalue weighted by Gasteiger charge is 2.10. The van der Waals surface area contributed by atoms with Gasteiger partial charge in [-0.15, -0.1) is 10.2 Å². The molecule has 1 atom stereocenters. The van der Waals surface area contributed by atoms with Crippen molar-refractivity contribution in [3.05, 3.63) is 60.2 Å². The van der Waals surface area contributed by atoms with Gasteiger partial charge in [0.2, 0.25) is 5.82 Å². The lowest BCUT2D eigenvalue weighted by molar-refractivity contribution is 0.0165. The third-order valence-electron chi connectivity index (χ3n) is 3.60. The van der Waals surface area contributed by atoms with Crippen molar-refractivity contribution >= 4 is 0 Å². The van der Waals surface area contributed by atoms with Gasteiger partial charge in [-0.25, -0.2) is 0 Å². The highest BCUT2D eigenvalue weighted by molar-refractivity contribution is 5.52. The highest BCUT2D eigenvalue weighted by atomic mass is 16.5. The van der Waals surface area contributed by atoms with Gasteiger partial charge in [0.25, 0.3) is 0 Å². The molecule has 0 aliphatic rings. The van der Waals surface area contributed by atoms with Crippen LogP contribution in [0.5, 0.6) is 5.75 Å². The fraction of sp³-hybridized carbons (Fsp3) is 0.278. The fourth-order valence-electron chi connectivity index (χ4n) is 2.30. The zero-order valence-corrected chi connectivity index (χ0v) is 13.9. The largest absolute Gasteiger partial charge is 0.497 e. The van der Waals surface area contributed by atoms with Crippen molar-refractivity contribution in [1.29, 1.82) is 0 Å². The average molecular weight is 340 g/mol. The summed E-state index contributed by atoms with van der Waals surface area (Å²) in [6.07, 6.45) is -0.712. The van der Waals surface area contributed by atoms with E-state index in [0.717, 1.165) is 16.9 Å². The summed E-state index contributed by atoms with van der Waals surface area (Å²) >= 11 is 0. The molecule has 7 nitrogen and oxygen atoms in total. The first-order chi connectivity index (χ1) is 12.2. The summed E-state index contributed by atoms with van der Waals surface area (Å²) in [4.78, 5) is 1.38. The van der Waals surface area contributed by atoms with E-state index in [2.05, 4.69) is 15.4 Å². The van der Waals surface area contributed by atoms with Gasteiger partial charge in [-0.05, 0) is 22.9 Å². The van der Waals surface area contributed by atoms with E-state index in [0.29, 0.717) is 12.4 Å². The second-order valence-corrected chi connectivity index (χ2v) is 5.55. The summed E-state index contributed by atoms with van der Waals surface area (Å²) in [6, 6.07) is 17.2. The average Bonchev–Trinajstić information content (AvgIpc) is 3.11. The molecular formula is C18H20N4O3. The molecule has 1 aromatic heterocycles. The summed E-state index contributed by atoms with van der Waals surface area (Å²) < 4.78 is 10.6. The van der Waals surface area contributed by atoms with Crippen molar-refractivity contribution in [2.75, 3.05) is 13.7 Å². The molecule has 1 N–H and O–H groups in total. The molecule has 0 radical (unpaired) electrons. The number of rotatable bonds is 8. The molecule has 0 unspecified atom stereocenters. The molecule has 0 aliphatic heterocycles. The Bertz CT molecular complexity index is 775. The minimum Gasteiger partial charge on any atom is -0.497 e. The van der Waals surface area contributed by atoms with Crippen molar-refractivity contribution in [1.82, 2.24) is 20.2 Å². The molecule has 0 saturated heterocycles. The molecule has 0 bridgehead atoms. The molecule has 0 amide bonds. The molecular weight excluding hydrogens is 320 g/mol. The van der Waals surface area contributed by atoms with Crippen LogP contribution in [0.25, 0.3) is 11.4 Å². The van der Waals surface area contributed by atoms with Crippen LogP contribution in [0.15, 0.2) is 54.6 Å². The van der Waals surface area contributed by atoms with Crippen molar-refractivity contribution in [2.45, 2.75) is 19.3 Å². The van der Waals surface area contributed by atoms with E-state index >= 15 is 0 Å². The topological polar surface area (TPSA) is 82.3 Å². The van der Waals surface area contributed by atoms with Crippen molar-refractivity contribution < 1.29 is 14.6 Å². The van der Waals surface area contributed by atoms with Crippen LogP contribution in [0.1, 0.15) is 5.56 Å². The number of ether oxygens (including phenoxy) is 2. The lowest BCUT2D eigenvalue weighted by atomic mass is 10.2. The number of hydrogen-bond acceptors (Lipinski definition) is 6. The van der Waals surface area contributed by atoms with Crippen LogP contribution in [0.3, 0.4) is 0 Å². The maximum Gasteiger partial charge on any atom is 0.204 e. The van der Waals surface area contributed by atoms with E-state index in [1.165, 1.54) is 4.80 Å². The molecule has 2 aromatic carbocycles. The number of tetrazole rings is 1. The molecule has 0 spiro atoms. The minimum absolute atomic E-state index is 0.189. The molecule has 0 fully saturated rings. The van der Waals surface area contributed by atoms with Crippen LogP contribution in [0, 0.1) is 0 Å². The standard InChI is InChI=1S/C18H20N4O3/c1-24-17-9-7-14(8-10-17)12-25-13-16(23)11-22-20-18(19-21-22)15-5-3-2-4-6-15/h2-10,16,23H,11-13H2,1H3/t16-/m0/s1. The summed E-state index contributed by atoms with van der Waals surface area (Å²) in [5.74, 6) is 1.34. The van der Waals surface area contributed by atoms with E-state index in [4.69, 9.17) is 9.47 Å². The van der Waals surface area contributed by atoms with E-state index in [1.54, 1.807) is 7.11 Å². The van der Waals surface area contributed by atoms with Gasteiger partial charge >= 0.3 is 0 Å². The number of aromatic nitrogens is 4. The van der Waals surface area contributed by atoms with Gasteiger partial charge in [-0.1, -0.05) is 42.5 Å². The Hall–Kier alpha value is -2.77. The first-order valence-corrected chi connectivity index (χ1v) is 7.96. The van der Waals surface area contributed by atoms with Crippen LogP contribution >= 0.6 is 0 Å². The Kier molecular flexibility index (Phi) is 5.71.